The molecule has 1 aromatic heterocycles. The van der Waals surface area contributed by atoms with E-state index in [0.717, 1.165) is 6.07 Å². The molecule has 0 aliphatic rings. The van der Waals surface area contributed by atoms with E-state index in [9.17, 15) is 24.6 Å². The highest BCUT2D eigenvalue weighted by atomic mass is 16.4. The van der Waals surface area contributed by atoms with Crippen LogP contribution < -0.4 is 11.4 Å². The number of phenolic OH excluding ortho intramolecular Hbond substituents is 1. The number of benzene rings is 1. The Labute approximate surface area is 99.1 Å². The zero-order valence-electron chi connectivity index (χ0n) is 8.84. The second kappa shape index (κ2) is 3.88. The summed E-state index contributed by atoms with van der Waals surface area (Å²) in [6, 6.07) is 3.55. The first-order chi connectivity index (χ1) is 8.41. The van der Waals surface area contributed by atoms with E-state index in [1.807, 2.05) is 0 Å². The summed E-state index contributed by atoms with van der Waals surface area (Å²) in [6.45, 7) is 0. The monoisotopic (exact) mass is 249 g/mol. The minimum Gasteiger partial charge on any atom is -0.508 e. The lowest BCUT2D eigenvalue weighted by Crippen LogP contribution is -2.28. The SMILES string of the molecule is NC(=O)C(=O)c1c(O)c2ccc(O)cc2oc1=O. The van der Waals surface area contributed by atoms with Gasteiger partial charge in [-0.1, -0.05) is 0 Å². The maximum absolute atomic E-state index is 11.5. The minimum absolute atomic E-state index is 0.0111. The van der Waals surface area contributed by atoms with E-state index in [1.165, 1.54) is 12.1 Å². The van der Waals surface area contributed by atoms with Gasteiger partial charge in [0.05, 0.1) is 5.39 Å². The highest BCUT2D eigenvalue weighted by molar-refractivity contribution is 6.43. The molecule has 1 heterocycles. The molecule has 7 nitrogen and oxygen atoms in total. The first-order valence-corrected chi connectivity index (χ1v) is 4.74. The second-order valence-electron chi connectivity index (χ2n) is 3.49. The third kappa shape index (κ3) is 1.67. The van der Waals surface area contributed by atoms with Gasteiger partial charge in [-0.05, 0) is 12.1 Å². The summed E-state index contributed by atoms with van der Waals surface area (Å²) in [7, 11) is 0. The molecule has 0 atom stereocenters. The van der Waals surface area contributed by atoms with Crippen LogP contribution in [0.3, 0.4) is 0 Å². The van der Waals surface area contributed by atoms with Crippen LogP contribution in [0.15, 0.2) is 27.4 Å². The number of rotatable bonds is 2. The number of Topliss-reactive ketones (excluding diaryl/α,β-unsaturated/α-hetero) is 1. The first kappa shape index (κ1) is 11.6. The van der Waals surface area contributed by atoms with E-state index in [-0.39, 0.29) is 16.7 Å². The van der Waals surface area contributed by atoms with Crippen molar-refractivity contribution in [2.75, 3.05) is 0 Å². The van der Waals surface area contributed by atoms with E-state index < -0.39 is 28.6 Å². The standard InChI is InChI=1S/C11H7NO6/c12-10(16)9(15)7-8(14)5-2-1-4(13)3-6(5)18-11(7)17/h1-3,13-14H,(H2,12,16). The van der Waals surface area contributed by atoms with Crippen molar-refractivity contribution in [3.8, 4) is 11.5 Å². The van der Waals surface area contributed by atoms with Gasteiger partial charge in [0.2, 0.25) is 0 Å². The van der Waals surface area contributed by atoms with Crippen molar-refractivity contribution in [1.29, 1.82) is 0 Å². The van der Waals surface area contributed by atoms with Crippen LogP contribution in [0.4, 0.5) is 0 Å². The van der Waals surface area contributed by atoms with E-state index in [2.05, 4.69) is 0 Å². The lowest BCUT2D eigenvalue weighted by molar-refractivity contribution is -0.114. The summed E-state index contributed by atoms with van der Waals surface area (Å²) in [5.41, 5.74) is 2.62. The third-order valence-corrected chi connectivity index (χ3v) is 2.31. The fraction of sp³-hybridized carbons (Fsp3) is 0. The van der Waals surface area contributed by atoms with Crippen molar-refractivity contribution in [2.45, 2.75) is 0 Å². The van der Waals surface area contributed by atoms with Crippen LogP contribution in [0.25, 0.3) is 11.0 Å². The van der Waals surface area contributed by atoms with Crippen LogP contribution >= 0.6 is 0 Å². The molecule has 92 valence electrons. The van der Waals surface area contributed by atoms with Gasteiger partial charge in [0, 0.05) is 6.07 Å². The molecule has 0 unspecified atom stereocenters. The van der Waals surface area contributed by atoms with E-state index in [1.54, 1.807) is 0 Å². The van der Waals surface area contributed by atoms with Crippen molar-refractivity contribution >= 4 is 22.7 Å². The summed E-state index contributed by atoms with van der Waals surface area (Å²) in [5.74, 6) is -3.60. The number of primary amides is 1. The molecular formula is C11H7NO6. The Kier molecular flexibility index (Phi) is 2.51. The second-order valence-corrected chi connectivity index (χ2v) is 3.49. The number of phenols is 1. The van der Waals surface area contributed by atoms with Crippen molar-refractivity contribution in [2.24, 2.45) is 5.73 Å². The molecule has 0 bridgehead atoms. The molecule has 7 heteroatoms. The Morgan fingerprint density at radius 3 is 2.50 bits per heavy atom. The molecule has 0 saturated carbocycles. The van der Waals surface area contributed by atoms with E-state index >= 15 is 0 Å². The van der Waals surface area contributed by atoms with Crippen molar-refractivity contribution < 1.29 is 24.2 Å². The van der Waals surface area contributed by atoms with E-state index in [0.29, 0.717) is 0 Å². The summed E-state index contributed by atoms with van der Waals surface area (Å²) >= 11 is 0. The van der Waals surface area contributed by atoms with Crippen LogP contribution in [-0.4, -0.2) is 21.9 Å². The lowest BCUT2D eigenvalue weighted by Gasteiger charge is -2.04. The molecule has 0 aliphatic heterocycles. The lowest BCUT2D eigenvalue weighted by atomic mass is 10.1. The number of hydrogen-bond donors (Lipinski definition) is 3. The van der Waals surface area contributed by atoms with Crippen LogP contribution in [0.5, 0.6) is 11.5 Å². The molecule has 0 spiro atoms. The van der Waals surface area contributed by atoms with Gasteiger partial charge in [0.25, 0.3) is 11.7 Å². The first-order valence-electron chi connectivity index (χ1n) is 4.74. The Hall–Kier alpha value is -2.83. The van der Waals surface area contributed by atoms with Gasteiger partial charge < -0.3 is 20.4 Å². The minimum atomic E-state index is -1.38. The fourth-order valence-electron chi connectivity index (χ4n) is 1.50. The third-order valence-electron chi connectivity index (χ3n) is 2.31. The summed E-state index contributed by atoms with van der Waals surface area (Å²) < 4.78 is 4.72. The van der Waals surface area contributed by atoms with Crippen LogP contribution in [0.1, 0.15) is 10.4 Å². The van der Waals surface area contributed by atoms with Gasteiger partial charge >= 0.3 is 5.63 Å². The number of hydrogen-bond acceptors (Lipinski definition) is 6. The molecular weight excluding hydrogens is 242 g/mol. The summed E-state index contributed by atoms with van der Waals surface area (Å²) in [5, 5.41) is 19.0. The zero-order chi connectivity index (χ0) is 13.4. The number of ketones is 1. The topological polar surface area (TPSA) is 131 Å². The molecule has 0 fully saturated rings. The van der Waals surface area contributed by atoms with Gasteiger partial charge in [-0.2, -0.15) is 0 Å². The van der Waals surface area contributed by atoms with Gasteiger partial charge in [-0.3, -0.25) is 9.59 Å². The summed E-state index contributed by atoms with van der Waals surface area (Å²) in [6.07, 6.45) is 0. The number of carbonyl (C=O) groups excluding carboxylic acids is 2. The Bertz CT molecular complexity index is 730. The largest absolute Gasteiger partial charge is 0.508 e. The highest BCUT2D eigenvalue weighted by Crippen LogP contribution is 2.28. The number of nitrogens with two attached hydrogens (primary N) is 1. The van der Waals surface area contributed by atoms with Crippen LogP contribution in [0, 0.1) is 0 Å². The molecule has 4 N–H and O–H groups in total. The molecule has 0 aliphatic carbocycles. The number of fused-ring (bicyclic) bond motifs is 1. The van der Waals surface area contributed by atoms with Gasteiger partial charge in [0.1, 0.15) is 17.1 Å². The molecule has 2 rings (SSSR count). The van der Waals surface area contributed by atoms with Crippen molar-refractivity contribution in [3.05, 3.63) is 34.2 Å². The van der Waals surface area contributed by atoms with Crippen LogP contribution in [-0.2, 0) is 4.79 Å². The predicted molar refractivity (Wildman–Crippen MR) is 59.3 cm³/mol. The van der Waals surface area contributed by atoms with Crippen molar-refractivity contribution in [1.82, 2.24) is 0 Å². The fourth-order valence-corrected chi connectivity index (χ4v) is 1.50. The summed E-state index contributed by atoms with van der Waals surface area (Å²) in [4.78, 5) is 33.6. The molecule has 1 aromatic carbocycles. The normalized spacial score (nSPS) is 10.4. The Morgan fingerprint density at radius 2 is 1.89 bits per heavy atom. The maximum atomic E-state index is 11.5. The van der Waals surface area contributed by atoms with Gasteiger partial charge in [-0.15, -0.1) is 0 Å². The predicted octanol–water partition coefficient (Wildman–Crippen LogP) is -0.128. The molecule has 18 heavy (non-hydrogen) atoms. The average Bonchev–Trinajstić information content (AvgIpc) is 2.27. The zero-order valence-corrected chi connectivity index (χ0v) is 8.84. The Morgan fingerprint density at radius 1 is 1.22 bits per heavy atom. The molecule has 0 saturated heterocycles. The van der Waals surface area contributed by atoms with Crippen molar-refractivity contribution in [3.63, 3.8) is 0 Å². The van der Waals surface area contributed by atoms with Crippen LogP contribution in [0.2, 0.25) is 0 Å². The Balaban J connectivity index is 2.86. The quantitative estimate of drug-likeness (QED) is 0.386. The van der Waals surface area contributed by atoms with Gasteiger partial charge in [0.15, 0.2) is 5.56 Å². The number of carbonyl (C=O) groups is 2. The molecule has 0 radical (unpaired) electrons. The smallest absolute Gasteiger partial charge is 0.351 e. The van der Waals surface area contributed by atoms with Gasteiger partial charge in [-0.25, -0.2) is 4.79 Å². The molecule has 1 amide bonds. The number of aromatic hydroxyl groups is 2. The average molecular weight is 249 g/mol. The number of amides is 1. The molecule has 2 aromatic rings. The maximum Gasteiger partial charge on any atom is 0.351 e. The highest BCUT2D eigenvalue weighted by Gasteiger charge is 2.24. The van der Waals surface area contributed by atoms with E-state index in [4.69, 9.17) is 10.2 Å².